The van der Waals surface area contributed by atoms with Crippen molar-refractivity contribution in [2.75, 3.05) is 24.0 Å². The first kappa shape index (κ1) is 30.3. The van der Waals surface area contributed by atoms with Crippen molar-refractivity contribution in [2.45, 2.75) is 6.54 Å². The number of hydrogen-bond acceptors (Lipinski definition) is 8. The molecule has 0 aliphatic rings. The summed E-state index contributed by atoms with van der Waals surface area (Å²) in [5, 5.41) is 14.4. The quantitative estimate of drug-likeness (QED) is 0.0563. The summed E-state index contributed by atoms with van der Waals surface area (Å²) in [5.41, 5.74) is 11.0. The molecule has 41 heavy (non-hydrogen) atoms. The lowest BCUT2D eigenvalue weighted by Crippen LogP contribution is -2.23. The normalized spacial score (nSPS) is 10.0. The van der Waals surface area contributed by atoms with Crippen LogP contribution in [0.2, 0.25) is 0 Å². The van der Waals surface area contributed by atoms with Gasteiger partial charge in [-0.25, -0.2) is 15.1 Å². The molecule has 2 amide bonds. The lowest BCUT2D eigenvalue weighted by Gasteiger charge is -2.11. The molecule has 6 N–H and O–H groups in total. The van der Waals surface area contributed by atoms with Crippen molar-refractivity contribution >= 4 is 58.5 Å². The van der Waals surface area contributed by atoms with Crippen molar-refractivity contribution in [3.05, 3.63) is 108 Å². The van der Waals surface area contributed by atoms with Crippen LogP contribution < -0.4 is 21.8 Å². The fraction of sp³-hybridized carbons (Fsp3) is 0.103. The Hall–Kier alpha value is -5.29. The Morgan fingerprint density at radius 2 is 1.54 bits per heavy atom. The van der Waals surface area contributed by atoms with Gasteiger partial charge in [0.1, 0.15) is 19.0 Å². The molecule has 0 atom stereocenters. The maximum atomic E-state index is 12.9. The zero-order chi connectivity index (χ0) is 28.3. The Morgan fingerprint density at radius 3 is 2.27 bits per heavy atom. The second-order valence-corrected chi connectivity index (χ2v) is 8.46. The van der Waals surface area contributed by atoms with Crippen LogP contribution in [0.5, 0.6) is 0 Å². The lowest BCUT2D eigenvalue weighted by molar-refractivity contribution is 0.0532. The second-order valence-electron chi connectivity index (χ2n) is 8.46. The number of nitrogens with two attached hydrogens (primary N) is 1. The molecule has 0 unspecified atom stereocenters. The average Bonchev–Trinajstić information content (AvgIpc) is 2.97. The number of fused-ring (bicyclic) bond motifs is 1. The molecule has 212 valence electrons. The van der Waals surface area contributed by atoms with Gasteiger partial charge in [-0.05, 0) is 46.7 Å². The Bertz CT molecular complexity index is 1520. The summed E-state index contributed by atoms with van der Waals surface area (Å²) in [7, 11) is 0. The van der Waals surface area contributed by atoms with E-state index >= 15 is 0 Å². The molecule has 4 rings (SSSR count). The molecular weight excluding hydrogens is 550 g/mol. The molecule has 0 aromatic heterocycles. The zero-order valence-electron chi connectivity index (χ0n) is 21.7. The molecule has 11 nitrogen and oxygen atoms in total. The molecule has 4 aromatic rings. The highest BCUT2D eigenvalue weighted by molar-refractivity contribution is 6.07. The van der Waals surface area contributed by atoms with Gasteiger partial charge >= 0.3 is 12.2 Å². The van der Waals surface area contributed by atoms with E-state index in [-0.39, 0.29) is 37.4 Å². The van der Waals surface area contributed by atoms with E-state index < -0.39 is 12.2 Å². The largest absolute Gasteiger partial charge is 0.533 e. The Labute approximate surface area is 241 Å². The number of hydrogen-bond donors (Lipinski definition) is 5. The monoisotopic (exact) mass is 577 g/mol. The minimum atomic E-state index is -1.00. The number of carbonyl (C=O) groups excluding carboxylic acids is 3. The maximum Gasteiger partial charge on any atom is 0.533 e. The van der Waals surface area contributed by atoms with E-state index in [9.17, 15) is 14.4 Å². The number of benzene rings is 4. The van der Waals surface area contributed by atoms with Gasteiger partial charge in [-0.1, -0.05) is 60.7 Å². The average molecular weight is 578 g/mol. The first-order valence-electron chi connectivity index (χ1n) is 12.2. The number of amides is 2. The predicted molar refractivity (Wildman–Crippen MR) is 157 cm³/mol. The highest BCUT2D eigenvalue weighted by Gasteiger charge is 2.12. The number of rotatable bonds is 10. The molecule has 0 aliphatic heterocycles. The molecule has 0 saturated heterocycles. The van der Waals surface area contributed by atoms with Crippen LogP contribution >= 0.6 is 12.4 Å². The van der Waals surface area contributed by atoms with Gasteiger partial charge in [0.2, 0.25) is 0 Å². The molecular formula is C29H28ClN5O6. The van der Waals surface area contributed by atoms with E-state index in [1.807, 2.05) is 12.1 Å². The van der Waals surface area contributed by atoms with Gasteiger partial charge in [-0.15, -0.1) is 12.4 Å². The van der Waals surface area contributed by atoms with E-state index in [0.717, 1.165) is 10.9 Å². The fourth-order valence-electron chi connectivity index (χ4n) is 3.69. The Kier molecular flexibility index (Phi) is 10.9. The van der Waals surface area contributed by atoms with Crippen LogP contribution in [-0.4, -0.2) is 37.2 Å². The molecule has 4 aromatic carbocycles. The summed E-state index contributed by atoms with van der Waals surface area (Å²) in [4.78, 5) is 41.4. The van der Waals surface area contributed by atoms with Crippen LogP contribution in [0, 0.1) is 5.41 Å². The first-order valence-corrected chi connectivity index (χ1v) is 12.2. The topological polar surface area (TPSA) is 165 Å². The van der Waals surface area contributed by atoms with Crippen LogP contribution in [0.25, 0.3) is 10.8 Å². The van der Waals surface area contributed by atoms with Crippen LogP contribution in [-0.2, 0) is 20.9 Å². The van der Waals surface area contributed by atoms with Crippen molar-refractivity contribution in [1.29, 1.82) is 5.41 Å². The Morgan fingerprint density at radius 1 is 0.805 bits per heavy atom. The third-order valence-corrected chi connectivity index (χ3v) is 5.65. The number of ether oxygens (including phenoxy) is 2. The molecule has 12 heteroatoms. The van der Waals surface area contributed by atoms with Crippen LogP contribution in [0.4, 0.5) is 21.0 Å². The molecule has 0 saturated carbocycles. The number of halogens is 1. The molecule has 0 radical (unpaired) electrons. The van der Waals surface area contributed by atoms with Gasteiger partial charge < -0.3 is 25.4 Å². The summed E-state index contributed by atoms with van der Waals surface area (Å²) in [6.07, 6.45) is -1.68. The molecule has 0 fully saturated rings. The number of carbonyl (C=O) groups is 3. The number of nitrogens with one attached hydrogen (secondary N) is 4. The molecule has 0 heterocycles. The van der Waals surface area contributed by atoms with Gasteiger partial charge in [0.15, 0.2) is 0 Å². The van der Waals surface area contributed by atoms with Crippen molar-refractivity contribution in [3.8, 4) is 0 Å². The third-order valence-electron chi connectivity index (χ3n) is 5.65. The van der Waals surface area contributed by atoms with Gasteiger partial charge in [0, 0.05) is 23.4 Å². The fourth-order valence-corrected chi connectivity index (χ4v) is 3.69. The standard InChI is InChI=1S/C29H27N5O6.ClH/c30-26(31)20-11-9-19(10-12-20)18-32-27(35)25-8-4-5-21-17-23(13-14-24(21)25)34-40-29(37)39-16-15-38-28(36)33-22-6-2-1-3-7-22;/h1-14,17,34H,15-16,18H2,(H3,30,31)(H,32,35)(H,33,36);1H. The summed E-state index contributed by atoms with van der Waals surface area (Å²) >= 11 is 0. The third kappa shape index (κ3) is 8.87. The minimum Gasteiger partial charge on any atom is -0.446 e. The summed E-state index contributed by atoms with van der Waals surface area (Å²) < 4.78 is 9.83. The smallest absolute Gasteiger partial charge is 0.446 e. The summed E-state index contributed by atoms with van der Waals surface area (Å²) in [6.45, 7) is -0.0379. The van der Waals surface area contributed by atoms with Crippen molar-refractivity contribution < 1.29 is 28.7 Å². The van der Waals surface area contributed by atoms with E-state index in [4.69, 9.17) is 25.5 Å². The highest BCUT2D eigenvalue weighted by Crippen LogP contribution is 2.23. The van der Waals surface area contributed by atoms with Crippen LogP contribution in [0.1, 0.15) is 21.5 Å². The van der Waals surface area contributed by atoms with E-state index in [1.165, 1.54) is 0 Å². The van der Waals surface area contributed by atoms with Gasteiger partial charge in [-0.3, -0.25) is 15.5 Å². The van der Waals surface area contributed by atoms with Gasteiger partial charge in [0.05, 0.1) is 5.69 Å². The number of nitrogen functional groups attached to an aromatic ring is 1. The molecule has 0 bridgehead atoms. The summed E-state index contributed by atoms with van der Waals surface area (Å²) in [5.74, 6) is -0.265. The zero-order valence-corrected chi connectivity index (χ0v) is 22.5. The maximum absolute atomic E-state index is 12.9. The van der Waals surface area contributed by atoms with E-state index in [2.05, 4.69) is 16.1 Å². The minimum absolute atomic E-state index is 0. The van der Waals surface area contributed by atoms with Crippen molar-refractivity contribution in [1.82, 2.24) is 5.32 Å². The van der Waals surface area contributed by atoms with Crippen LogP contribution in [0.3, 0.4) is 0 Å². The van der Waals surface area contributed by atoms with E-state index in [1.54, 1.807) is 78.9 Å². The van der Waals surface area contributed by atoms with Gasteiger partial charge in [0.25, 0.3) is 5.91 Å². The second kappa shape index (κ2) is 14.8. The Balaban J connectivity index is 0.00000462. The SMILES string of the molecule is Cl.N=C(N)c1ccc(CNC(=O)c2cccc3cc(NOC(=O)OCCOC(=O)Nc4ccccc4)ccc23)cc1. The lowest BCUT2D eigenvalue weighted by atomic mass is 10.0. The van der Waals surface area contributed by atoms with E-state index in [0.29, 0.717) is 34.4 Å². The molecule has 0 spiro atoms. The van der Waals surface area contributed by atoms with Crippen molar-refractivity contribution in [2.24, 2.45) is 5.73 Å². The molecule has 0 aliphatic carbocycles. The van der Waals surface area contributed by atoms with Crippen LogP contribution in [0.15, 0.2) is 91.0 Å². The van der Waals surface area contributed by atoms with Gasteiger partial charge in [-0.2, -0.15) is 0 Å². The number of para-hydroxylation sites is 1. The van der Waals surface area contributed by atoms with Crippen molar-refractivity contribution in [3.63, 3.8) is 0 Å². The predicted octanol–water partition coefficient (Wildman–Crippen LogP) is 5.20. The first-order chi connectivity index (χ1) is 19.4. The number of amidine groups is 1. The summed E-state index contributed by atoms with van der Waals surface area (Å²) in [6, 6.07) is 26.3. The number of anilines is 2. The highest BCUT2D eigenvalue weighted by atomic mass is 35.5.